The second kappa shape index (κ2) is 7.34. The van der Waals surface area contributed by atoms with Crippen molar-refractivity contribution < 1.29 is 9.59 Å². The summed E-state index contributed by atoms with van der Waals surface area (Å²) in [7, 11) is 0. The van der Waals surface area contributed by atoms with Crippen LogP contribution in [0, 0.1) is 0 Å². The number of carbonyl (C=O) groups excluding carboxylic acids is 2. The Morgan fingerprint density at radius 1 is 1.25 bits per heavy atom. The Bertz CT molecular complexity index is 328. The molecule has 0 saturated heterocycles. The molecule has 0 unspecified atom stereocenters. The summed E-state index contributed by atoms with van der Waals surface area (Å²) < 4.78 is 0. The van der Waals surface area contributed by atoms with E-state index in [1.54, 1.807) is 6.07 Å². The summed E-state index contributed by atoms with van der Waals surface area (Å²) in [5.41, 5.74) is 0. The van der Waals surface area contributed by atoms with Gasteiger partial charge in [0, 0.05) is 6.42 Å². The summed E-state index contributed by atoms with van der Waals surface area (Å²) in [4.78, 5) is 23.8. The highest BCUT2D eigenvalue weighted by atomic mass is 32.1. The maximum absolute atomic E-state index is 11.6. The van der Waals surface area contributed by atoms with E-state index in [0.717, 1.165) is 12.8 Å². The molecule has 1 rings (SSSR count). The van der Waals surface area contributed by atoms with Crippen LogP contribution in [0.1, 0.15) is 55.1 Å². The van der Waals surface area contributed by atoms with Crippen LogP contribution in [0.15, 0.2) is 17.5 Å². The second-order valence-corrected chi connectivity index (χ2v) is 4.87. The van der Waals surface area contributed by atoms with E-state index < -0.39 is 0 Å². The van der Waals surface area contributed by atoms with Crippen LogP contribution >= 0.6 is 11.3 Å². The summed E-state index contributed by atoms with van der Waals surface area (Å²) in [5.74, 6) is 0.0463. The Morgan fingerprint density at radius 3 is 2.69 bits per heavy atom. The average molecular weight is 238 g/mol. The number of ketones is 2. The van der Waals surface area contributed by atoms with E-state index in [4.69, 9.17) is 0 Å². The standard InChI is InChI=1S/C13H18O2S/c1-2-3-4-5-7-11(14)10-12(15)13-8-6-9-16-13/h6,8-9H,2-5,7,10H2,1H3. The maximum Gasteiger partial charge on any atom is 0.180 e. The lowest BCUT2D eigenvalue weighted by molar-refractivity contribution is -0.118. The predicted molar refractivity (Wildman–Crippen MR) is 67.0 cm³/mol. The molecule has 16 heavy (non-hydrogen) atoms. The molecule has 0 aliphatic rings. The molecular formula is C13H18O2S. The first kappa shape index (κ1) is 13.1. The second-order valence-electron chi connectivity index (χ2n) is 3.93. The Kier molecular flexibility index (Phi) is 6.01. The monoisotopic (exact) mass is 238 g/mol. The molecule has 0 aliphatic heterocycles. The molecule has 0 saturated carbocycles. The number of hydrogen-bond acceptors (Lipinski definition) is 3. The van der Waals surface area contributed by atoms with E-state index in [0.29, 0.717) is 11.3 Å². The molecule has 2 nitrogen and oxygen atoms in total. The zero-order valence-corrected chi connectivity index (χ0v) is 10.5. The third-order valence-electron chi connectivity index (χ3n) is 2.46. The van der Waals surface area contributed by atoms with E-state index in [9.17, 15) is 9.59 Å². The number of unbranched alkanes of at least 4 members (excludes halogenated alkanes) is 3. The number of carbonyl (C=O) groups is 2. The van der Waals surface area contributed by atoms with Gasteiger partial charge in [0.05, 0.1) is 11.3 Å². The van der Waals surface area contributed by atoms with Gasteiger partial charge in [0.15, 0.2) is 5.78 Å². The molecule has 0 N–H and O–H groups in total. The molecule has 88 valence electrons. The van der Waals surface area contributed by atoms with Crippen LogP contribution < -0.4 is 0 Å². The van der Waals surface area contributed by atoms with Crippen molar-refractivity contribution in [1.82, 2.24) is 0 Å². The fraction of sp³-hybridized carbons (Fsp3) is 0.538. The van der Waals surface area contributed by atoms with Gasteiger partial charge in [-0.3, -0.25) is 9.59 Å². The van der Waals surface area contributed by atoms with E-state index in [2.05, 4.69) is 6.92 Å². The number of rotatable bonds is 8. The predicted octanol–water partition coefficient (Wildman–Crippen LogP) is 3.86. The zero-order valence-electron chi connectivity index (χ0n) is 9.70. The third-order valence-corrected chi connectivity index (χ3v) is 3.37. The highest BCUT2D eigenvalue weighted by Gasteiger charge is 2.11. The first-order chi connectivity index (χ1) is 7.74. The minimum atomic E-state index is -0.0320. The summed E-state index contributed by atoms with van der Waals surface area (Å²) >= 11 is 1.40. The van der Waals surface area contributed by atoms with Crippen molar-refractivity contribution in [2.24, 2.45) is 0 Å². The maximum atomic E-state index is 11.6. The summed E-state index contributed by atoms with van der Waals surface area (Å²) in [6, 6.07) is 3.61. The van der Waals surface area contributed by atoms with E-state index >= 15 is 0 Å². The molecule has 0 atom stereocenters. The Labute approximate surface area is 101 Å². The molecule has 0 radical (unpaired) electrons. The number of Topliss-reactive ketones (excluding diaryl/α,β-unsaturated/α-hetero) is 2. The molecule has 1 aromatic rings. The van der Waals surface area contributed by atoms with Crippen LogP contribution in [0.5, 0.6) is 0 Å². The van der Waals surface area contributed by atoms with Gasteiger partial charge in [-0.15, -0.1) is 11.3 Å². The van der Waals surface area contributed by atoms with E-state index in [1.807, 2.05) is 11.4 Å². The largest absolute Gasteiger partial charge is 0.299 e. The van der Waals surface area contributed by atoms with Crippen molar-refractivity contribution in [2.75, 3.05) is 0 Å². The van der Waals surface area contributed by atoms with Gasteiger partial charge in [-0.2, -0.15) is 0 Å². The molecule has 3 heteroatoms. The lowest BCUT2D eigenvalue weighted by atomic mass is 10.1. The molecule has 0 aliphatic carbocycles. The normalized spacial score (nSPS) is 10.3. The van der Waals surface area contributed by atoms with Crippen molar-refractivity contribution >= 4 is 22.9 Å². The van der Waals surface area contributed by atoms with Crippen LogP contribution in [0.25, 0.3) is 0 Å². The minimum absolute atomic E-state index is 0.0320. The fourth-order valence-electron chi connectivity index (χ4n) is 1.54. The molecule has 0 spiro atoms. The summed E-state index contributed by atoms with van der Waals surface area (Å²) in [6.45, 7) is 2.14. The fourth-order valence-corrected chi connectivity index (χ4v) is 2.21. The molecule has 0 aromatic carbocycles. The van der Waals surface area contributed by atoms with Crippen molar-refractivity contribution in [3.63, 3.8) is 0 Å². The van der Waals surface area contributed by atoms with Crippen LogP contribution in [0.2, 0.25) is 0 Å². The van der Waals surface area contributed by atoms with Crippen molar-refractivity contribution in [3.05, 3.63) is 22.4 Å². The SMILES string of the molecule is CCCCCCC(=O)CC(=O)c1cccs1. The minimum Gasteiger partial charge on any atom is -0.299 e. The van der Waals surface area contributed by atoms with Gasteiger partial charge in [0.1, 0.15) is 5.78 Å². The van der Waals surface area contributed by atoms with Crippen molar-refractivity contribution in [3.8, 4) is 0 Å². The van der Waals surface area contributed by atoms with Gasteiger partial charge < -0.3 is 0 Å². The zero-order chi connectivity index (χ0) is 11.8. The van der Waals surface area contributed by atoms with Gasteiger partial charge in [-0.25, -0.2) is 0 Å². The smallest absolute Gasteiger partial charge is 0.180 e. The quantitative estimate of drug-likeness (QED) is 0.391. The van der Waals surface area contributed by atoms with Gasteiger partial charge >= 0.3 is 0 Å². The topological polar surface area (TPSA) is 34.1 Å². The van der Waals surface area contributed by atoms with Crippen molar-refractivity contribution in [1.29, 1.82) is 0 Å². The van der Waals surface area contributed by atoms with Crippen LogP contribution in [0.3, 0.4) is 0 Å². The average Bonchev–Trinajstić information content (AvgIpc) is 2.77. The molecule has 1 aromatic heterocycles. The van der Waals surface area contributed by atoms with Crippen molar-refractivity contribution in [2.45, 2.75) is 45.4 Å². The summed E-state index contributed by atoms with van der Waals surface area (Å²) in [6.07, 6.45) is 4.98. The van der Waals surface area contributed by atoms with E-state index in [1.165, 1.54) is 24.2 Å². The Hall–Kier alpha value is -0.960. The van der Waals surface area contributed by atoms with Gasteiger partial charge in [0.2, 0.25) is 0 Å². The van der Waals surface area contributed by atoms with Gasteiger partial charge in [-0.05, 0) is 17.9 Å². The first-order valence-electron chi connectivity index (χ1n) is 5.82. The first-order valence-corrected chi connectivity index (χ1v) is 6.70. The lowest BCUT2D eigenvalue weighted by Crippen LogP contribution is -2.06. The Morgan fingerprint density at radius 2 is 2.06 bits per heavy atom. The molecule has 0 bridgehead atoms. The van der Waals surface area contributed by atoms with Crippen LogP contribution in [0.4, 0.5) is 0 Å². The lowest BCUT2D eigenvalue weighted by Gasteiger charge is -1.99. The van der Waals surface area contributed by atoms with Gasteiger partial charge in [0.25, 0.3) is 0 Å². The molecule has 1 heterocycles. The van der Waals surface area contributed by atoms with E-state index in [-0.39, 0.29) is 18.0 Å². The highest BCUT2D eigenvalue weighted by molar-refractivity contribution is 7.12. The Balaban J connectivity index is 2.21. The third kappa shape index (κ3) is 4.71. The number of thiophene rings is 1. The van der Waals surface area contributed by atoms with Gasteiger partial charge in [-0.1, -0.05) is 32.3 Å². The van der Waals surface area contributed by atoms with Crippen LogP contribution in [-0.4, -0.2) is 11.6 Å². The molecule has 0 amide bonds. The highest BCUT2D eigenvalue weighted by Crippen LogP contribution is 2.13. The van der Waals surface area contributed by atoms with Crippen LogP contribution in [-0.2, 0) is 4.79 Å². The summed E-state index contributed by atoms with van der Waals surface area (Å²) in [5, 5.41) is 1.86. The number of hydrogen-bond donors (Lipinski definition) is 0. The molecular weight excluding hydrogens is 220 g/mol. The molecule has 0 fully saturated rings.